The van der Waals surface area contributed by atoms with Gasteiger partial charge in [0, 0.05) is 11.0 Å². The van der Waals surface area contributed by atoms with Crippen LogP contribution in [-0.4, -0.2) is 22.3 Å². The van der Waals surface area contributed by atoms with E-state index in [1.807, 2.05) is 22.8 Å². The number of ether oxygens (including phenoxy) is 1. The van der Waals surface area contributed by atoms with Gasteiger partial charge >= 0.3 is 0 Å². The third-order valence-electron chi connectivity index (χ3n) is 3.96. The molecule has 0 bridgehead atoms. The van der Waals surface area contributed by atoms with Gasteiger partial charge < -0.3 is 15.0 Å². The van der Waals surface area contributed by atoms with Crippen LogP contribution in [0.3, 0.4) is 0 Å². The van der Waals surface area contributed by atoms with Crippen molar-refractivity contribution in [3.8, 4) is 0 Å². The van der Waals surface area contributed by atoms with E-state index in [2.05, 4.69) is 20.9 Å². The van der Waals surface area contributed by atoms with Crippen molar-refractivity contribution < 1.29 is 4.74 Å². The van der Waals surface area contributed by atoms with E-state index < -0.39 is 0 Å². The number of fused-ring (bicyclic) bond motifs is 1. The van der Waals surface area contributed by atoms with Crippen molar-refractivity contribution in [2.24, 2.45) is 0 Å². The topological polar surface area (TPSA) is 53.1 Å². The zero-order valence-corrected chi connectivity index (χ0v) is 13.1. The highest BCUT2D eigenvalue weighted by molar-refractivity contribution is 9.10. The molecule has 2 aromatic rings. The maximum Gasteiger partial charge on any atom is 0.201 e. The van der Waals surface area contributed by atoms with Gasteiger partial charge in [-0.3, -0.25) is 0 Å². The molecule has 0 spiro atoms. The summed E-state index contributed by atoms with van der Waals surface area (Å²) >= 11 is 3.46. The first kappa shape index (κ1) is 13.9. The predicted octanol–water partition coefficient (Wildman–Crippen LogP) is 3.73. The average molecular weight is 338 g/mol. The van der Waals surface area contributed by atoms with Gasteiger partial charge in [0.2, 0.25) is 5.95 Å². The van der Waals surface area contributed by atoms with Crippen LogP contribution in [0.1, 0.15) is 32.1 Å². The zero-order chi connectivity index (χ0) is 13.9. The van der Waals surface area contributed by atoms with E-state index in [0.717, 1.165) is 22.1 Å². The number of rotatable bonds is 4. The van der Waals surface area contributed by atoms with Crippen LogP contribution in [0.2, 0.25) is 0 Å². The monoisotopic (exact) mass is 337 g/mol. The van der Waals surface area contributed by atoms with Gasteiger partial charge in [0.1, 0.15) is 0 Å². The normalized spacial score (nSPS) is 16.9. The van der Waals surface area contributed by atoms with Gasteiger partial charge in [-0.25, -0.2) is 4.98 Å². The number of halogens is 1. The van der Waals surface area contributed by atoms with Gasteiger partial charge in [0.15, 0.2) is 0 Å². The SMILES string of the molecule is Nc1nc2cc(Br)ccc2n1CCOC1CCCCC1. The molecule has 0 unspecified atom stereocenters. The van der Waals surface area contributed by atoms with Crippen molar-refractivity contribution in [3.05, 3.63) is 22.7 Å². The maximum atomic E-state index is 6.00. The molecule has 1 saturated carbocycles. The summed E-state index contributed by atoms with van der Waals surface area (Å²) in [4.78, 5) is 4.39. The molecule has 1 aromatic heterocycles. The molecule has 0 amide bonds. The van der Waals surface area contributed by atoms with E-state index in [-0.39, 0.29) is 0 Å². The van der Waals surface area contributed by atoms with Crippen LogP contribution in [0.15, 0.2) is 22.7 Å². The minimum Gasteiger partial charge on any atom is -0.376 e. The van der Waals surface area contributed by atoms with Crippen LogP contribution >= 0.6 is 15.9 Å². The molecular formula is C15H20BrN3O. The van der Waals surface area contributed by atoms with Crippen molar-refractivity contribution in [1.82, 2.24) is 9.55 Å². The summed E-state index contributed by atoms with van der Waals surface area (Å²) in [6, 6.07) is 6.05. The lowest BCUT2D eigenvalue weighted by atomic mass is 9.98. The van der Waals surface area contributed by atoms with E-state index in [1.165, 1.54) is 32.1 Å². The fourth-order valence-electron chi connectivity index (χ4n) is 2.90. The van der Waals surface area contributed by atoms with Crippen molar-refractivity contribution >= 4 is 32.9 Å². The Bertz CT molecular complexity index is 590. The standard InChI is InChI=1S/C15H20BrN3O/c16-11-6-7-14-13(10-11)18-15(17)19(14)8-9-20-12-4-2-1-3-5-12/h6-7,10,12H,1-5,8-9H2,(H2,17,18). The fourth-order valence-corrected chi connectivity index (χ4v) is 3.25. The second kappa shape index (κ2) is 6.14. The minimum absolute atomic E-state index is 0.439. The number of nitrogens with zero attached hydrogens (tertiary/aromatic N) is 2. The number of nitrogen functional groups attached to an aromatic ring is 1. The predicted molar refractivity (Wildman–Crippen MR) is 84.7 cm³/mol. The van der Waals surface area contributed by atoms with Crippen LogP contribution in [0.25, 0.3) is 11.0 Å². The van der Waals surface area contributed by atoms with Crippen LogP contribution < -0.4 is 5.73 Å². The molecule has 1 aliphatic rings. The summed E-state index contributed by atoms with van der Waals surface area (Å²) < 4.78 is 9.02. The molecule has 3 rings (SSSR count). The molecule has 0 aliphatic heterocycles. The van der Waals surface area contributed by atoms with E-state index in [1.54, 1.807) is 0 Å². The van der Waals surface area contributed by atoms with Crippen molar-refractivity contribution in [1.29, 1.82) is 0 Å². The molecule has 0 saturated heterocycles. The number of hydrogen-bond donors (Lipinski definition) is 1. The highest BCUT2D eigenvalue weighted by atomic mass is 79.9. The molecule has 0 atom stereocenters. The molecule has 1 heterocycles. The summed E-state index contributed by atoms with van der Waals surface area (Å²) in [5.41, 5.74) is 8.00. The van der Waals surface area contributed by atoms with Crippen LogP contribution in [0.5, 0.6) is 0 Å². The van der Waals surface area contributed by atoms with Gasteiger partial charge in [-0.2, -0.15) is 0 Å². The van der Waals surface area contributed by atoms with Gasteiger partial charge in [-0.05, 0) is 31.0 Å². The smallest absolute Gasteiger partial charge is 0.201 e. The molecule has 20 heavy (non-hydrogen) atoms. The number of aromatic nitrogens is 2. The summed E-state index contributed by atoms with van der Waals surface area (Å²) in [5.74, 6) is 0.561. The maximum absolute atomic E-state index is 6.00. The average Bonchev–Trinajstić information content (AvgIpc) is 2.75. The second-order valence-electron chi connectivity index (χ2n) is 5.39. The van der Waals surface area contributed by atoms with Gasteiger partial charge in [-0.15, -0.1) is 0 Å². The van der Waals surface area contributed by atoms with Crippen LogP contribution in [0.4, 0.5) is 5.95 Å². The van der Waals surface area contributed by atoms with E-state index in [9.17, 15) is 0 Å². The molecule has 5 heteroatoms. The van der Waals surface area contributed by atoms with E-state index >= 15 is 0 Å². The highest BCUT2D eigenvalue weighted by Gasteiger charge is 2.14. The van der Waals surface area contributed by atoms with Crippen molar-refractivity contribution in [2.75, 3.05) is 12.3 Å². The largest absolute Gasteiger partial charge is 0.376 e. The molecule has 2 N–H and O–H groups in total. The van der Waals surface area contributed by atoms with Crippen LogP contribution in [-0.2, 0) is 11.3 Å². The minimum atomic E-state index is 0.439. The Morgan fingerprint density at radius 1 is 1.30 bits per heavy atom. The molecule has 108 valence electrons. The first-order valence-electron chi connectivity index (χ1n) is 7.27. The Morgan fingerprint density at radius 3 is 2.90 bits per heavy atom. The number of anilines is 1. The van der Waals surface area contributed by atoms with Crippen molar-refractivity contribution in [2.45, 2.75) is 44.8 Å². The summed E-state index contributed by atoms with van der Waals surface area (Å²) in [6.07, 6.45) is 6.80. The summed E-state index contributed by atoms with van der Waals surface area (Å²) in [5, 5.41) is 0. The summed E-state index contributed by atoms with van der Waals surface area (Å²) in [7, 11) is 0. The zero-order valence-electron chi connectivity index (χ0n) is 11.5. The second-order valence-corrected chi connectivity index (χ2v) is 6.30. The van der Waals surface area contributed by atoms with Gasteiger partial charge in [0.25, 0.3) is 0 Å². The number of imidazole rings is 1. The Morgan fingerprint density at radius 2 is 2.10 bits per heavy atom. The number of benzene rings is 1. The number of hydrogen-bond acceptors (Lipinski definition) is 3. The quantitative estimate of drug-likeness (QED) is 0.924. The fraction of sp³-hybridized carbons (Fsp3) is 0.533. The van der Waals surface area contributed by atoms with Gasteiger partial charge in [-0.1, -0.05) is 35.2 Å². The Kier molecular flexibility index (Phi) is 4.27. The first-order chi connectivity index (χ1) is 9.74. The highest BCUT2D eigenvalue weighted by Crippen LogP contribution is 2.23. The van der Waals surface area contributed by atoms with Crippen LogP contribution in [0, 0.1) is 0 Å². The third-order valence-corrected chi connectivity index (χ3v) is 4.45. The molecule has 1 fully saturated rings. The third kappa shape index (κ3) is 2.99. The molecule has 4 nitrogen and oxygen atoms in total. The molecule has 1 aromatic carbocycles. The number of nitrogens with two attached hydrogens (primary N) is 1. The lowest BCUT2D eigenvalue weighted by Gasteiger charge is -2.22. The molecule has 0 radical (unpaired) electrons. The lowest BCUT2D eigenvalue weighted by molar-refractivity contribution is 0.0246. The molecule has 1 aliphatic carbocycles. The first-order valence-corrected chi connectivity index (χ1v) is 8.06. The van der Waals surface area contributed by atoms with E-state index in [4.69, 9.17) is 10.5 Å². The summed E-state index contributed by atoms with van der Waals surface area (Å²) in [6.45, 7) is 1.47. The molecular weight excluding hydrogens is 318 g/mol. The lowest BCUT2D eigenvalue weighted by Crippen LogP contribution is -2.19. The van der Waals surface area contributed by atoms with Crippen molar-refractivity contribution in [3.63, 3.8) is 0 Å². The Hall–Kier alpha value is -1.07. The Labute approximate surface area is 127 Å². The van der Waals surface area contributed by atoms with Gasteiger partial charge in [0.05, 0.1) is 23.7 Å². The van der Waals surface area contributed by atoms with E-state index in [0.29, 0.717) is 18.7 Å². The Balaban J connectivity index is 1.66.